The minimum Gasteiger partial charge on any atom is -0.352 e. The number of amides is 1. The largest absolute Gasteiger partial charge is 0.352 e. The highest BCUT2D eigenvalue weighted by molar-refractivity contribution is 5.82. The number of nitrogens with one attached hydrogen (secondary N) is 2. The van der Waals surface area contributed by atoms with Crippen LogP contribution < -0.4 is 16.4 Å². The molecule has 2 rings (SSSR count). The van der Waals surface area contributed by atoms with Gasteiger partial charge in [-0.25, -0.2) is 0 Å². The van der Waals surface area contributed by atoms with Crippen molar-refractivity contribution >= 4 is 5.91 Å². The summed E-state index contributed by atoms with van der Waals surface area (Å²) in [6.45, 7) is 0.767. The first kappa shape index (κ1) is 10.9. The Kier molecular flexibility index (Phi) is 3.59. The number of hydrogen-bond donors (Lipinski definition) is 3. The maximum Gasteiger partial charge on any atom is 0.237 e. The Morgan fingerprint density at radius 2 is 2.00 bits per heavy atom. The highest BCUT2D eigenvalue weighted by Crippen LogP contribution is 2.17. The summed E-state index contributed by atoms with van der Waals surface area (Å²) in [5.41, 5.74) is 5.75. The molecule has 0 radical (unpaired) electrons. The third kappa shape index (κ3) is 2.92. The van der Waals surface area contributed by atoms with Crippen molar-refractivity contribution in [3.05, 3.63) is 0 Å². The fourth-order valence-corrected chi connectivity index (χ4v) is 2.51. The predicted octanol–water partition coefficient (Wildman–Crippen LogP) is 0.124. The molecule has 2 aliphatic rings. The van der Waals surface area contributed by atoms with Crippen LogP contribution in [0.25, 0.3) is 0 Å². The number of carbonyl (C=O) groups excluding carboxylic acids is 1. The molecule has 4 N–H and O–H groups in total. The number of hydrogen-bond acceptors (Lipinski definition) is 3. The average Bonchev–Trinajstić information content (AvgIpc) is 2.66. The van der Waals surface area contributed by atoms with E-state index in [4.69, 9.17) is 5.73 Å². The van der Waals surface area contributed by atoms with Gasteiger partial charge in [-0.15, -0.1) is 0 Å². The molecule has 0 spiro atoms. The van der Waals surface area contributed by atoms with Crippen molar-refractivity contribution in [2.24, 2.45) is 5.73 Å². The summed E-state index contributed by atoms with van der Waals surface area (Å²) in [7, 11) is 0. The average molecular weight is 211 g/mol. The van der Waals surface area contributed by atoms with Gasteiger partial charge in [0.05, 0.1) is 6.04 Å². The quantitative estimate of drug-likeness (QED) is 0.608. The van der Waals surface area contributed by atoms with E-state index in [1.54, 1.807) is 0 Å². The lowest BCUT2D eigenvalue weighted by atomic mass is 9.95. The topological polar surface area (TPSA) is 67.1 Å². The van der Waals surface area contributed by atoms with E-state index in [2.05, 4.69) is 10.6 Å². The van der Waals surface area contributed by atoms with Crippen LogP contribution >= 0.6 is 0 Å². The molecule has 1 aliphatic heterocycles. The maximum atomic E-state index is 11.8. The molecule has 1 saturated carbocycles. The molecule has 2 unspecified atom stereocenters. The SMILES string of the molecule is NC1CNC(C(=O)NC2CCCCC2)C1. The minimum absolute atomic E-state index is 0.0538. The Labute approximate surface area is 91.0 Å². The zero-order chi connectivity index (χ0) is 10.7. The van der Waals surface area contributed by atoms with Crippen molar-refractivity contribution in [3.63, 3.8) is 0 Å². The Morgan fingerprint density at radius 3 is 2.60 bits per heavy atom. The van der Waals surface area contributed by atoms with E-state index >= 15 is 0 Å². The molecule has 4 heteroatoms. The summed E-state index contributed by atoms with van der Waals surface area (Å²) in [6.07, 6.45) is 6.89. The highest BCUT2D eigenvalue weighted by atomic mass is 16.2. The van der Waals surface area contributed by atoms with Crippen LogP contribution in [-0.4, -0.2) is 30.6 Å². The molecule has 0 aromatic carbocycles. The molecule has 0 aromatic rings. The van der Waals surface area contributed by atoms with Gasteiger partial charge in [0.25, 0.3) is 0 Å². The van der Waals surface area contributed by atoms with Crippen molar-refractivity contribution in [1.82, 2.24) is 10.6 Å². The monoisotopic (exact) mass is 211 g/mol. The van der Waals surface area contributed by atoms with Gasteiger partial charge in [0.2, 0.25) is 5.91 Å². The minimum atomic E-state index is -0.0538. The fraction of sp³-hybridized carbons (Fsp3) is 0.909. The van der Waals surface area contributed by atoms with E-state index < -0.39 is 0 Å². The van der Waals surface area contributed by atoms with Crippen LogP contribution in [0.15, 0.2) is 0 Å². The molecule has 1 aliphatic carbocycles. The third-order valence-corrected chi connectivity index (χ3v) is 3.43. The summed E-state index contributed by atoms with van der Waals surface area (Å²) < 4.78 is 0. The summed E-state index contributed by atoms with van der Waals surface area (Å²) in [4.78, 5) is 11.8. The van der Waals surface area contributed by atoms with Crippen LogP contribution in [0.4, 0.5) is 0 Å². The van der Waals surface area contributed by atoms with Crippen LogP contribution in [0.2, 0.25) is 0 Å². The maximum absolute atomic E-state index is 11.8. The number of rotatable bonds is 2. The van der Waals surface area contributed by atoms with Gasteiger partial charge in [0.15, 0.2) is 0 Å². The lowest BCUT2D eigenvalue weighted by Gasteiger charge is -2.24. The second-order valence-corrected chi connectivity index (χ2v) is 4.80. The van der Waals surface area contributed by atoms with Crippen molar-refractivity contribution in [2.75, 3.05) is 6.54 Å². The van der Waals surface area contributed by atoms with Crippen molar-refractivity contribution in [2.45, 2.75) is 56.7 Å². The molecule has 0 bridgehead atoms. The van der Waals surface area contributed by atoms with Gasteiger partial charge in [-0.3, -0.25) is 4.79 Å². The second kappa shape index (κ2) is 4.94. The smallest absolute Gasteiger partial charge is 0.237 e. The molecule has 2 fully saturated rings. The van der Waals surface area contributed by atoms with Gasteiger partial charge in [-0.05, 0) is 19.3 Å². The lowest BCUT2D eigenvalue weighted by Crippen LogP contribution is -2.45. The Bertz CT molecular complexity index is 226. The molecular formula is C11H21N3O. The van der Waals surface area contributed by atoms with Crippen LogP contribution in [0.5, 0.6) is 0 Å². The van der Waals surface area contributed by atoms with Gasteiger partial charge in [-0.2, -0.15) is 0 Å². The van der Waals surface area contributed by atoms with Gasteiger partial charge < -0.3 is 16.4 Å². The zero-order valence-electron chi connectivity index (χ0n) is 9.17. The first-order chi connectivity index (χ1) is 7.25. The number of nitrogens with two attached hydrogens (primary N) is 1. The fourth-order valence-electron chi connectivity index (χ4n) is 2.51. The predicted molar refractivity (Wildman–Crippen MR) is 59.4 cm³/mol. The van der Waals surface area contributed by atoms with Crippen LogP contribution in [0, 0.1) is 0 Å². The highest BCUT2D eigenvalue weighted by Gasteiger charge is 2.28. The molecule has 4 nitrogen and oxygen atoms in total. The van der Waals surface area contributed by atoms with E-state index in [-0.39, 0.29) is 18.0 Å². The van der Waals surface area contributed by atoms with Gasteiger partial charge in [0, 0.05) is 18.6 Å². The number of carbonyl (C=O) groups is 1. The zero-order valence-corrected chi connectivity index (χ0v) is 9.17. The van der Waals surface area contributed by atoms with E-state index in [1.807, 2.05) is 0 Å². The van der Waals surface area contributed by atoms with Crippen LogP contribution in [0.1, 0.15) is 38.5 Å². The lowest BCUT2D eigenvalue weighted by molar-refractivity contribution is -0.123. The molecular weight excluding hydrogens is 190 g/mol. The van der Waals surface area contributed by atoms with Crippen molar-refractivity contribution in [1.29, 1.82) is 0 Å². The Balaban J connectivity index is 1.76. The summed E-state index contributed by atoms with van der Waals surface area (Å²) in [6, 6.07) is 0.499. The van der Waals surface area contributed by atoms with E-state index in [1.165, 1.54) is 19.3 Å². The first-order valence-electron chi connectivity index (χ1n) is 6.05. The van der Waals surface area contributed by atoms with Crippen molar-refractivity contribution in [3.8, 4) is 0 Å². The summed E-state index contributed by atoms with van der Waals surface area (Å²) in [5.74, 6) is 0.148. The molecule has 1 saturated heterocycles. The second-order valence-electron chi connectivity index (χ2n) is 4.80. The summed E-state index contributed by atoms with van der Waals surface area (Å²) in [5, 5.41) is 6.28. The van der Waals surface area contributed by atoms with E-state index in [9.17, 15) is 4.79 Å². The van der Waals surface area contributed by atoms with Gasteiger partial charge >= 0.3 is 0 Å². The summed E-state index contributed by atoms with van der Waals surface area (Å²) >= 11 is 0. The normalized spacial score (nSPS) is 32.9. The molecule has 2 atom stereocenters. The van der Waals surface area contributed by atoms with Gasteiger partial charge in [0.1, 0.15) is 0 Å². The molecule has 1 amide bonds. The standard InChI is InChI=1S/C11H21N3O/c12-8-6-10(13-7-8)11(15)14-9-4-2-1-3-5-9/h8-10,13H,1-7,12H2,(H,14,15). The van der Waals surface area contributed by atoms with Gasteiger partial charge in [-0.1, -0.05) is 19.3 Å². The van der Waals surface area contributed by atoms with Crippen LogP contribution in [-0.2, 0) is 4.79 Å². The molecule has 86 valence electrons. The van der Waals surface area contributed by atoms with E-state index in [0.717, 1.165) is 25.8 Å². The van der Waals surface area contributed by atoms with Crippen LogP contribution in [0.3, 0.4) is 0 Å². The molecule has 15 heavy (non-hydrogen) atoms. The molecule has 0 aromatic heterocycles. The first-order valence-corrected chi connectivity index (χ1v) is 6.05. The Hall–Kier alpha value is -0.610. The third-order valence-electron chi connectivity index (χ3n) is 3.43. The Morgan fingerprint density at radius 1 is 1.27 bits per heavy atom. The van der Waals surface area contributed by atoms with Crippen molar-refractivity contribution < 1.29 is 4.79 Å². The van der Waals surface area contributed by atoms with E-state index in [0.29, 0.717) is 6.04 Å². The molecule has 1 heterocycles.